The predicted octanol–water partition coefficient (Wildman–Crippen LogP) is 3.76. The van der Waals surface area contributed by atoms with Gasteiger partial charge in [-0.05, 0) is 18.6 Å². The normalized spacial score (nSPS) is 27.2. The summed E-state index contributed by atoms with van der Waals surface area (Å²) < 4.78 is 35.6. The third-order valence-corrected chi connectivity index (χ3v) is 5.84. The second kappa shape index (κ2) is 7.98. The zero-order chi connectivity index (χ0) is 19.6. The predicted molar refractivity (Wildman–Crippen MR) is 103 cm³/mol. The molecule has 0 aliphatic carbocycles. The third kappa shape index (κ3) is 3.73. The molecule has 0 bridgehead atoms. The highest BCUT2D eigenvalue weighted by Crippen LogP contribution is 2.49. The summed E-state index contributed by atoms with van der Waals surface area (Å²) in [6.07, 6.45) is 2.35. The van der Waals surface area contributed by atoms with Crippen molar-refractivity contribution < 1.29 is 13.5 Å². The first-order chi connectivity index (χ1) is 13.0. The van der Waals surface area contributed by atoms with E-state index >= 15 is 0 Å². The van der Waals surface area contributed by atoms with Gasteiger partial charge in [0.15, 0.2) is 5.17 Å². The Morgan fingerprint density at radius 3 is 2.74 bits per heavy atom. The minimum atomic E-state index is -0.918. The molecule has 5 nitrogen and oxygen atoms in total. The topological polar surface area (TPSA) is 65.4 Å². The van der Waals surface area contributed by atoms with Crippen LogP contribution in [0.3, 0.4) is 0 Å². The largest absolute Gasteiger partial charge is 0.379 e. The maximum atomic E-state index is 14.5. The van der Waals surface area contributed by atoms with Crippen LogP contribution in [0, 0.1) is 17.6 Å². The van der Waals surface area contributed by atoms with E-state index in [1.54, 1.807) is 4.68 Å². The zero-order valence-corrected chi connectivity index (χ0v) is 16.5. The molecule has 1 fully saturated rings. The number of benzene rings is 1. The Labute approximate surface area is 162 Å². The number of nitrogens with zero attached hydrogens (tertiary/aromatic N) is 3. The summed E-state index contributed by atoms with van der Waals surface area (Å²) in [5.74, 6) is -0.503. The van der Waals surface area contributed by atoms with Crippen LogP contribution in [0.15, 0.2) is 35.5 Å². The molecule has 4 rings (SSSR count). The van der Waals surface area contributed by atoms with Crippen molar-refractivity contribution in [3.8, 4) is 0 Å². The molecule has 2 N–H and O–H groups in total. The Balaban J connectivity index is 0.00000102. The number of ether oxygens (including phenoxy) is 1. The van der Waals surface area contributed by atoms with Gasteiger partial charge in [-0.3, -0.25) is 4.68 Å². The summed E-state index contributed by atoms with van der Waals surface area (Å²) in [4.78, 5) is 4.57. The SMILES string of the molecule is CC.Cn1ccc([C@H]2CC3CSC(N)=NC3(c3ccc(F)cc3F)CO2)n1. The van der Waals surface area contributed by atoms with Crippen molar-refractivity contribution in [3.63, 3.8) is 0 Å². The van der Waals surface area contributed by atoms with Gasteiger partial charge in [0.25, 0.3) is 0 Å². The van der Waals surface area contributed by atoms with Gasteiger partial charge < -0.3 is 10.5 Å². The number of halogens is 2. The third-order valence-electron chi connectivity index (χ3n) is 4.88. The van der Waals surface area contributed by atoms with Crippen LogP contribution >= 0.6 is 11.8 Å². The van der Waals surface area contributed by atoms with Crippen LogP contribution < -0.4 is 5.73 Å². The molecule has 2 aliphatic heterocycles. The summed E-state index contributed by atoms with van der Waals surface area (Å²) >= 11 is 1.46. The van der Waals surface area contributed by atoms with Crippen LogP contribution in [0.4, 0.5) is 8.78 Å². The second-order valence-corrected chi connectivity index (χ2v) is 7.50. The Bertz CT molecular complexity index is 841. The molecule has 0 radical (unpaired) electrons. The van der Waals surface area contributed by atoms with Gasteiger partial charge in [0.1, 0.15) is 23.3 Å². The van der Waals surface area contributed by atoms with Crippen LogP contribution in [0.2, 0.25) is 0 Å². The van der Waals surface area contributed by atoms with Crippen LogP contribution in [0.1, 0.15) is 37.6 Å². The molecular weight excluding hydrogens is 370 g/mol. The van der Waals surface area contributed by atoms with Crippen LogP contribution in [0.5, 0.6) is 0 Å². The van der Waals surface area contributed by atoms with E-state index in [1.807, 2.05) is 33.2 Å². The van der Waals surface area contributed by atoms with E-state index in [9.17, 15) is 8.78 Å². The van der Waals surface area contributed by atoms with Gasteiger partial charge >= 0.3 is 0 Å². The minimum absolute atomic E-state index is 0.0190. The van der Waals surface area contributed by atoms with Crippen LogP contribution in [0.25, 0.3) is 0 Å². The molecule has 3 heterocycles. The fourth-order valence-corrected chi connectivity index (χ4v) is 4.63. The van der Waals surface area contributed by atoms with Gasteiger partial charge in [-0.25, -0.2) is 13.8 Å². The van der Waals surface area contributed by atoms with Crippen molar-refractivity contribution in [2.24, 2.45) is 23.7 Å². The Morgan fingerprint density at radius 1 is 1.30 bits per heavy atom. The second-order valence-electron chi connectivity index (χ2n) is 6.46. The van der Waals surface area contributed by atoms with Crippen molar-refractivity contribution in [1.82, 2.24) is 9.78 Å². The molecule has 8 heteroatoms. The number of aliphatic imine (C=N–C) groups is 1. The lowest BCUT2D eigenvalue weighted by Crippen LogP contribution is -2.48. The highest BCUT2D eigenvalue weighted by Gasteiger charge is 2.49. The van der Waals surface area contributed by atoms with Crippen molar-refractivity contribution >= 4 is 16.9 Å². The highest BCUT2D eigenvalue weighted by atomic mass is 32.2. The Hall–Kier alpha value is -1.93. The molecule has 1 aromatic heterocycles. The van der Waals surface area contributed by atoms with Crippen LogP contribution in [-0.2, 0) is 17.3 Å². The van der Waals surface area contributed by atoms with E-state index < -0.39 is 17.2 Å². The molecule has 146 valence electrons. The molecule has 2 unspecified atom stereocenters. The quantitative estimate of drug-likeness (QED) is 0.842. The van der Waals surface area contributed by atoms with Gasteiger partial charge in [0, 0.05) is 36.5 Å². The molecule has 0 spiro atoms. The van der Waals surface area contributed by atoms with Crippen molar-refractivity contribution in [3.05, 3.63) is 53.4 Å². The van der Waals surface area contributed by atoms with Gasteiger partial charge in [-0.15, -0.1) is 0 Å². The average Bonchev–Trinajstić information content (AvgIpc) is 3.09. The molecule has 27 heavy (non-hydrogen) atoms. The lowest BCUT2D eigenvalue weighted by Gasteiger charge is -2.46. The number of fused-ring (bicyclic) bond motifs is 1. The van der Waals surface area contributed by atoms with E-state index in [-0.39, 0.29) is 18.6 Å². The van der Waals surface area contributed by atoms with E-state index in [0.717, 1.165) is 11.8 Å². The first-order valence-electron chi connectivity index (χ1n) is 9.03. The lowest BCUT2D eigenvalue weighted by atomic mass is 9.74. The molecule has 0 amide bonds. The number of hydrogen-bond acceptors (Lipinski definition) is 5. The first kappa shape index (κ1) is 19.8. The van der Waals surface area contributed by atoms with Crippen molar-refractivity contribution in [2.75, 3.05) is 12.4 Å². The molecule has 1 saturated heterocycles. The maximum absolute atomic E-state index is 14.5. The van der Waals surface area contributed by atoms with E-state index in [0.29, 0.717) is 22.9 Å². The molecule has 1 aromatic carbocycles. The molecule has 3 atom stereocenters. The van der Waals surface area contributed by atoms with Gasteiger partial charge in [-0.1, -0.05) is 31.7 Å². The first-order valence-corrected chi connectivity index (χ1v) is 10.0. The summed E-state index contributed by atoms with van der Waals surface area (Å²) in [5.41, 5.74) is 6.21. The summed E-state index contributed by atoms with van der Waals surface area (Å²) in [7, 11) is 1.85. The maximum Gasteiger partial charge on any atom is 0.154 e. The van der Waals surface area contributed by atoms with E-state index in [1.165, 1.54) is 23.9 Å². The van der Waals surface area contributed by atoms with E-state index in [4.69, 9.17) is 10.5 Å². The Kier molecular flexibility index (Phi) is 5.86. The minimum Gasteiger partial charge on any atom is -0.379 e. The smallest absolute Gasteiger partial charge is 0.154 e. The molecule has 2 aromatic rings. The van der Waals surface area contributed by atoms with Gasteiger partial charge in [0.2, 0.25) is 0 Å². The number of aromatic nitrogens is 2. The average molecular weight is 394 g/mol. The highest BCUT2D eigenvalue weighted by molar-refractivity contribution is 8.13. The number of thioether (sulfide) groups is 1. The summed E-state index contributed by atoms with van der Waals surface area (Å²) in [6, 6.07) is 5.51. The Morgan fingerprint density at radius 2 is 2.07 bits per heavy atom. The van der Waals surface area contributed by atoms with Crippen molar-refractivity contribution in [1.29, 1.82) is 0 Å². The number of hydrogen-bond donors (Lipinski definition) is 1. The zero-order valence-electron chi connectivity index (χ0n) is 15.7. The lowest BCUT2D eigenvalue weighted by molar-refractivity contribution is -0.0608. The monoisotopic (exact) mass is 394 g/mol. The number of nitrogens with two attached hydrogens (primary N) is 1. The molecule has 2 aliphatic rings. The van der Waals surface area contributed by atoms with E-state index in [2.05, 4.69) is 10.1 Å². The summed E-state index contributed by atoms with van der Waals surface area (Å²) in [5, 5.41) is 4.81. The number of amidine groups is 1. The van der Waals surface area contributed by atoms with Gasteiger partial charge in [-0.2, -0.15) is 5.10 Å². The fourth-order valence-electron chi connectivity index (χ4n) is 3.62. The summed E-state index contributed by atoms with van der Waals surface area (Å²) in [6.45, 7) is 4.18. The van der Waals surface area contributed by atoms with Gasteiger partial charge in [0.05, 0.1) is 12.3 Å². The molecular formula is C19H24F2N4OS. The standard InChI is InChI=1S/C17H18F2N4OS.C2H6/c1-23-5-4-14(22-23)15-6-10-8-25-16(20)21-17(10,9-24-15)12-3-2-11(18)7-13(12)19;1-2/h2-5,7,10,15H,6,8-9H2,1H3,(H2,20,21);1-2H3/t10?,15-,17?;/m1./s1. The van der Waals surface area contributed by atoms with Crippen molar-refractivity contribution in [2.45, 2.75) is 31.9 Å². The fraction of sp³-hybridized carbons (Fsp3) is 0.474. The number of rotatable bonds is 2. The van der Waals surface area contributed by atoms with Crippen LogP contribution in [-0.4, -0.2) is 27.3 Å². The molecule has 0 saturated carbocycles. The number of aryl methyl sites for hydroxylation is 1.